The third kappa shape index (κ3) is 3.75. The van der Waals surface area contributed by atoms with Crippen LogP contribution in [0.3, 0.4) is 0 Å². The summed E-state index contributed by atoms with van der Waals surface area (Å²) in [6.45, 7) is 4.68. The van der Waals surface area contributed by atoms with Gasteiger partial charge >= 0.3 is 5.97 Å². The van der Waals surface area contributed by atoms with Crippen molar-refractivity contribution in [3.63, 3.8) is 0 Å². The van der Waals surface area contributed by atoms with Crippen molar-refractivity contribution in [2.24, 2.45) is 0 Å². The molecule has 1 unspecified atom stereocenters. The van der Waals surface area contributed by atoms with Crippen LogP contribution in [-0.2, 0) is 16.1 Å². The van der Waals surface area contributed by atoms with Gasteiger partial charge in [0, 0.05) is 17.9 Å². The molecule has 1 fully saturated rings. The van der Waals surface area contributed by atoms with Crippen molar-refractivity contribution < 1.29 is 9.53 Å². The molecule has 4 heteroatoms. The highest BCUT2D eigenvalue weighted by Crippen LogP contribution is 2.29. The number of thioether (sulfide) groups is 1. The molecule has 3 nitrogen and oxygen atoms in total. The van der Waals surface area contributed by atoms with Crippen molar-refractivity contribution in [3.8, 4) is 0 Å². The quantitative estimate of drug-likeness (QED) is 0.634. The molecule has 1 aliphatic heterocycles. The fourth-order valence-corrected chi connectivity index (χ4v) is 2.84. The Morgan fingerprint density at radius 1 is 1.39 bits per heavy atom. The van der Waals surface area contributed by atoms with E-state index in [1.807, 2.05) is 0 Å². The van der Waals surface area contributed by atoms with Crippen molar-refractivity contribution in [2.45, 2.75) is 36.5 Å². The number of nitrogens with one attached hydrogen (secondary N) is 1. The van der Waals surface area contributed by atoms with E-state index in [9.17, 15) is 4.79 Å². The van der Waals surface area contributed by atoms with E-state index in [1.54, 1.807) is 11.8 Å². The standard InChI is InChI=1S/C14H19NO2S/c1-2-8-15-10-11-3-5-12(6-4-11)18-13-7-9-17-14(13)16/h3-6,13,15H,2,7-10H2,1H3. The van der Waals surface area contributed by atoms with Crippen LogP contribution in [0.25, 0.3) is 0 Å². The maximum atomic E-state index is 11.4. The first kappa shape index (κ1) is 13.4. The number of carbonyl (C=O) groups is 1. The first-order valence-corrected chi connectivity index (χ1v) is 7.30. The number of esters is 1. The second-order valence-corrected chi connectivity index (χ2v) is 5.66. The van der Waals surface area contributed by atoms with Crippen LogP contribution in [0, 0.1) is 0 Å². The molecule has 18 heavy (non-hydrogen) atoms. The zero-order valence-corrected chi connectivity index (χ0v) is 11.5. The summed E-state index contributed by atoms with van der Waals surface area (Å²) in [6.07, 6.45) is 1.97. The molecule has 0 radical (unpaired) electrons. The number of carbonyl (C=O) groups excluding carboxylic acids is 1. The van der Waals surface area contributed by atoms with Crippen LogP contribution < -0.4 is 5.32 Å². The minimum atomic E-state index is -0.0753. The highest BCUT2D eigenvalue weighted by atomic mass is 32.2. The Hall–Kier alpha value is -1.00. The molecule has 1 saturated heterocycles. The number of benzene rings is 1. The lowest BCUT2D eigenvalue weighted by atomic mass is 10.2. The van der Waals surface area contributed by atoms with E-state index in [0.717, 1.165) is 30.8 Å². The van der Waals surface area contributed by atoms with Gasteiger partial charge in [-0.05, 0) is 30.7 Å². The summed E-state index contributed by atoms with van der Waals surface area (Å²) in [6, 6.07) is 8.40. The van der Waals surface area contributed by atoms with Gasteiger partial charge < -0.3 is 10.1 Å². The summed E-state index contributed by atoms with van der Waals surface area (Å²) >= 11 is 1.60. The third-order valence-corrected chi connectivity index (χ3v) is 4.10. The molecule has 1 aromatic carbocycles. The summed E-state index contributed by atoms with van der Waals surface area (Å²) in [7, 11) is 0. The lowest BCUT2D eigenvalue weighted by Gasteiger charge is -2.07. The average Bonchev–Trinajstić information content (AvgIpc) is 2.78. The van der Waals surface area contributed by atoms with E-state index in [2.05, 4.69) is 36.5 Å². The molecule has 2 rings (SSSR count). The lowest BCUT2D eigenvalue weighted by molar-refractivity contribution is -0.137. The van der Waals surface area contributed by atoms with Gasteiger partial charge in [-0.2, -0.15) is 0 Å². The summed E-state index contributed by atoms with van der Waals surface area (Å²) in [5.74, 6) is -0.0753. The Morgan fingerprint density at radius 2 is 2.17 bits per heavy atom. The van der Waals surface area contributed by atoms with E-state index in [4.69, 9.17) is 4.74 Å². The minimum Gasteiger partial charge on any atom is -0.465 e. The largest absolute Gasteiger partial charge is 0.465 e. The fourth-order valence-electron chi connectivity index (χ4n) is 1.84. The SMILES string of the molecule is CCCNCc1ccc(SC2CCOC2=O)cc1. The van der Waals surface area contributed by atoms with Gasteiger partial charge in [-0.3, -0.25) is 4.79 Å². The molecular formula is C14H19NO2S. The van der Waals surface area contributed by atoms with Gasteiger partial charge in [0.1, 0.15) is 5.25 Å². The van der Waals surface area contributed by atoms with Gasteiger partial charge in [-0.1, -0.05) is 19.1 Å². The zero-order valence-electron chi connectivity index (χ0n) is 10.6. The van der Waals surface area contributed by atoms with Crippen molar-refractivity contribution in [2.75, 3.05) is 13.2 Å². The molecular weight excluding hydrogens is 246 g/mol. The van der Waals surface area contributed by atoms with E-state index in [0.29, 0.717) is 6.61 Å². The Kier molecular flexibility index (Phi) is 5.08. The summed E-state index contributed by atoms with van der Waals surface area (Å²) < 4.78 is 4.96. The fraction of sp³-hybridized carbons (Fsp3) is 0.500. The van der Waals surface area contributed by atoms with Crippen LogP contribution in [0.2, 0.25) is 0 Å². The summed E-state index contributed by atoms with van der Waals surface area (Å²) in [5, 5.41) is 3.35. The number of ether oxygens (including phenoxy) is 1. The predicted octanol–water partition coefficient (Wildman–Crippen LogP) is 2.59. The monoisotopic (exact) mass is 265 g/mol. The second kappa shape index (κ2) is 6.81. The summed E-state index contributed by atoms with van der Waals surface area (Å²) in [5.41, 5.74) is 1.28. The molecule has 0 bridgehead atoms. The number of cyclic esters (lactones) is 1. The predicted molar refractivity (Wildman–Crippen MR) is 73.7 cm³/mol. The van der Waals surface area contributed by atoms with Crippen LogP contribution in [0.5, 0.6) is 0 Å². The van der Waals surface area contributed by atoms with E-state index in [-0.39, 0.29) is 11.2 Å². The maximum Gasteiger partial charge on any atom is 0.319 e. The Labute approximate surface area is 112 Å². The van der Waals surface area contributed by atoms with Gasteiger partial charge in [0.05, 0.1) is 6.61 Å². The molecule has 1 aliphatic rings. The van der Waals surface area contributed by atoms with Crippen molar-refractivity contribution in [1.82, 2.24) is 5.32 Å². The Balaban J connectivity index is 1.85. The van der Waals surface area contributed by atoms with E-state index < -0.39 is 0 Å². The molecule has 0 spiro atoms. The second-order valence-electron chi connectivity index (χ2n) is 4.38. The molecule has 0 amide bonds. The topological polar surface area (TPSA) is 38.3 Å². The van der Waals surface area contributed by atoms with Crippen LogP contribution in [0.15, 0.2) is 29.2 Å². The van der Waals surface area contributed by atoms with Crippen LogP contribution in [-0.4, -0.2) is 24.4 Å². The molecule has 0 aliphatic carbocycles. The van der Waals surface area contributed by atoms with Crippen molar-refractivity contribution in [3.05, 3.63) is 29.8 Å². The smallest absolute Gasteiger partial charge is 0.319 e. The van der Waals surface area contributed by atoms with Gasteiger partial charge in [0.25, 0.3) is 0 Å². The van der Waals surface area contributed by atoms with Gasteiger partial charge in [0.15, 0.2) is 0 Å². The van der Waals surface area contributed by atoms with E-state index in [1.165, 1.54) is 5.56 Å². The van der Waals surface area contributed by atoms with Gasteiger partial charge in [-0.25, -0.2) is 0 Å². The molecule has 0 aromatic heterocycles. The van der Waals surface area contributed by atoms with E-state index >= 15 is 0 Å². The lowest BCUT2D eigenvalue weighted by Crippen LogP contribution is -2.13. The zero-order chi connectivity index (χ0) is 12.8. The Bertz CT molecular complexity index is 391. The molecule has 98 valence electrons. The van der Waals surface area contributed by atoms with Crippen LogP contribution >= 0.6 is 11.8 Å². The molecule has 1 atom stereocenters. The summed E-state index contributed by atoms with van der Waals surface area (Å²) in [4.78, 5) is 12.5. The van der Waals surface area contributed by atoms with Gasteiger partial charge in [-0.15, -0.1) is 11.8 Å². The molecule has 0 saturated carbocycles. The maximum absolute atomic E-state index is 11.4. The molecule has 1 heterocycles. The van der Waals surface area contributed by atoms with Crippen LogP contribution in [0.4, 0.5) is 0 Å². The first-order valence-electron chi connectivity index (χ1n) is 6.42. The highest BCUT2D eigenvalue weighted by molar-refractivity contribution is 8.00. The first-order chi connectivity index (χ1) is 8.79. The normalized spacial score (nSPS) is 18.9. The molecule has 1 N–H and O–H groups in total. The Morgan fingerprint density at radius 3 is 2.78 bits per heavy atom. The van der Waals surface area contributed by atoms with Gasteiger partial charge in [0.2, 0.25) is 0 Å². The average molecular weight is 265 g/mol. The number of hydrogen-bond donors (Lipinski definition) is 1. The molecule has 1 aromatic rings. The third-order valence-electron chi connectivity index (χ3n) is 2.84. The van der Waals surface area contributed by atoms with Crippen molar-refractivity contribution >= 4 is 17.7 Å². The minimum absolute atomic E-state index is 0.0194. The number of hydrogen-bond acceptors (Lipinski definition) is 4. The highest BCUT2D eigenvalue weighted by Gasteiger charge is 2.27. The van der Waals surface area contributed by atoms with Crippen molar-refractivity contribution in [1.29, 1.82) is 0 Å². The number of rotatable bonds is 6. The van der Waals surface area contributed by atoms with Crippen LogP contribution in [0.1, 0.15) is 25.3 Å².